The van der Waals surface area contributed by atoms with Crippen LogP contribution in [0.4, 0.5) is 5.69 Å². The summed E-state index contributed by atoms with van der Waals surface area (Å²) in [6.07, 6.45) is 1.64. The van der Waals surface area contributed by atoms with Crippen LogP contribution < -0.4 is 5.32 Å². The fourth-order valence-corrected chi connectivity index (χ4v) is 2.85. The molecule has 0 aliphatic carbocycles. The molecule has 0 amide bonds. The first-order chi connectivity index (χ1) is 9.47. The number of pyridine rings is 1. The molecule has 1 aromatic carbocycles. The van der Waals surface area contributed by atoms with Crippen molar-refractivity contribution >= 4 is 33.4 Å². The number of carboxylic acids is 1. The zero-order valence-corrected chi connectivity index (χ0v) is 12.1. The monoisotopic (exact) mass is 292 g/mol. The molecule has 0 saturated heterocycles. The molecule has 0 spiro atoms. The molecule has 5 nitrogen and oxygen atoms in total. The van der Waals surface area contributed by atoms with Crippen LogP contribution >= 0.6 is 0 Å². The molecule has 20 heavy (non-hydrogen) atoms. The number of hydrogen-bond donors (Lipinski definition) is 2. The summed E-state index contributed by atoms with van der Waals surface area (Å²) >= 11 is 0. The Kier molecular flexibility index (Phi) is 4.34. The van der Waals surface area contributed by atoms with E-state index in [1.807, 2.05) is 25.1 Å². The quantitative estimate of drug-likeness (QED) is 0.882. The van der Waals surface area contributed by atoms with Crippen molar-refractivity contribution in [1.82, 2.24) is 4.98 Å². The Morgan fingerprint density at radius 2 is 2.15 bits per heavy atom. The van der Waals surface area contributed by atoms with Crippen molar-refractivity contribution in [2.24, 2.45) is 0 Å². The standard InChI is InChI=1S/C14H16N2O3S/c1-9(8-20(2)19)15-12-7-13(14(17)18)16-11-6-4-3-5-10(11)12/h3-7,9H,8H2,1-2H3,(H,15,16)(H,17,18). The molecule has 2 aromatic rings. The Balaban J connectivity index is 2.44. The summed E-state index contributed by atoms with van der Waals surface area (Å²) in [6, 6.07) is 8.84. The lowest BCUT2D eigenvalue weighted by atomic mass is 10.1. The lowest BCUT2D eigenvalue weighted by molar-refractivity contribution is 0.0691. The molecule has 2 atom stereocenters. The minimum Gasteiger partial charge on any atom is -0.477 e. The van der Waals surface area contributed by atoms with Crippen LogP contribution in [0, 0.1) is 0 Å². The Labute approximate surface area is 119 Å². The molecule has 2 N–H and O–H groups in total. The van der Waals surface area contributed by atoms with Gasteiger partial charge in [-0.15, -0.1) is 0 Å². The second-order valence-corrected chi connectivity index (χ2v) is 6.14. The molecular formula is C14H16N2O3S. The Morgan fingerprint density at radius 1 is 1.45 bits per heavy atom. The minimum absolute atomic E-state index is 0.00368. The van der Waals surface area contributed by atoms with Crippen molar-refractivity contribution < 1.29 is 14.1 Å². The average molecular weight is 292 g/mol. The van der Waals surface area contributed by atoms with Crippen molar-refractivity contribution in [3.63, 3.8) is 0 Å². The maximum absolute atomic E-state index is 11.2. The van der Waals surface area contributed by atoms with Gasteiger partial charge in [-0.05, 0) is 19.1 Å². The highest BCUT2D eigenvalue weighted by molar-refractivity contribution is 7.84. The minimum atomic E-state index is -1.06. The molecule has 2 rings (SSSR count). The number of hydrogen-bond acceptors (Lipinski definition) is 4. The Morgan fingerprint density at radius 3 is 2.80 bits per heavy atom. The summed E-state index contributed by atoms with van der Waals surface area (Å²) in [4.78, 5) is 15.2. The second-order valence-electron chi connectivity index (χ2n) is 4.66. The number of carbonyl (C=O) groups is 1. The van der Waals surface area contributed by atoms with E-state index in [1.165, 1.54) is 6.07 Å². The summed E-state index contributed by atoms with van der Waals surface area (Å²) in [5, 5.41) is 13.2. The highest BCUT2D eigenvalue weighted by atomic mass is 32.2. The van der Waals surface area contributed by atoms with Gasteiger partial charge in [0.05, 0.1) is 5.52 Å². The molecule has 1 heterocycles. The first-order valence-electron chi connectivity index (χ1n) is 6.17. The van der Waals surface area contributed by atoms with Crippen molar-refractivity contribution in [1.29, 1.82) is 0 Å². The Hall–Kier alpha value is -1.95. The van der Waals surface area contributed by atoms with Crippen LogP contribution in [0.15, 0.2) is 30.3 Å². The number of nitrogens with zero attached hydrogens (tertiary/aromatic N) is 1. The molecule has 2 unspecified atom stereocenters. The number of anilines is 1. The lowest BCUT2D eigenvalue weighted by Gasteiger charge is -2.16. The predicted molar refractivity (Wildman–Crippen MR) is 80.7 cm³/mol. The normalized spacial score (nSPS) is 13.9. The number of fused-ring (bicyclic) bond motifs is 1. The molecule has 0 bridgehead atoms. The number of benzene rings is 1. The third kappa shape index (κ3) is 3.33. The maximum atomic E-state index is 11.2. The van der Waals surface area contributed by atoms with E-state index in [0.29, 0.717) is 17.0 Å². The third-order valence-electron chi connectivity index (χ3n) is 2.82. The number of para-hydroxylation sites is 1. The molecule has 106 valence electrons. The van der Waals surface area contributed by atoms with Crippen molar-refractivity contribution in [2.45, 2.75) is 13.0 Å². The third-order valence-corrected chi connectivity index (χ3v) is 3.79. The van der Waals surface area contributed by atoms with Crippen LogP contribution in [0.1, 0.15) is 17.4 Å². The maximum Gasteiger partial charge on any atom is 0.354 e. The van der Waals surface area contributed by atoms with E-state index < -0.39 is 16.8 Å². The first kappa shape index (κ1) is 14.5. The van der Waals surface area contributed by atoms with Gasteiger partial charge in [0.2, 0.25) is 0 Å². The van der Waals surface area contributed by atoms with Gasteiger partial charge in [-0.1, -0.05) is 18.2 Å². The molecule has 1 aromatic heterocycles. The molecule has 0 saturated carbocycles. The topological polar surface area (TPSA) is 79.3 Å². The van der Waals surface area contributed by atoms with Gasteiger partial charge in [0.1, 0.15) is 0 Å². The summed E-state index contributed by atoms with van der Waals surface area (Å²) in [5.74, 6) is -0.565. The van der Waals surface area contributed by atoms with Crippen LogP contribution in [-0.4, -0.2) is 38.3 Å². The highest BCUT2D eigenvalue weighted by Crippen LogP contribution is 2.24. The fourth-order valence-electron chi connectivity index (χ4n) is 2.06. The van der Waals surface area contributed by atoms with Gasteiger partial charge >= 0.3 is 5.97 Å². The number of nitrogens with one attached hydrogen (secondary N) is 1. The van der Waals surface area contributed by atoms with Crippen molar-refractivity contribution in [2.75, 3.05) is 17.3 Å². The molecule has 0 aliphatic rings. The molecule has 0 fully saturated rings. The fraction of sp³-hybridized carbons (Fsp3) is 0.286. The van der Waals surface area contributed by atoms with Gasteiger partial charge in [-0.2, -0.15) is 0 Å². The molecule has 0 radical (unpaired) electrons. The molecule has 0 aliphatic heterocycles. The average Bonchev–Trinajstić information content (AvgIpc) is 2.37. The van der Waals surface area contributed by atoms with Gasteiger partial charge in [0.25, 0.3) is 0 Å². The van der Waals surface area contributed by atoms with E-state index in [4.69, 9.17) is 5.11 Å². The number of aromatic carboxylic acids is 1. The van der Waals surface area contributed by atoms with E-state index in [2.05, 4.69) is 10.3 Å². The first-order valence-corrected chi connectivity index (χ1v) is 7.89. The predicted octanol–water partition coefficient (Wildman–Crippen LogP) is 2.11. The van der Waals surface area contributed by atoms with Gasteiger partial charge in [-0.25, -0.2) is 9.78 Å². The van der Waals surface area contributed by atoms with Crippen LogP contribution in [0.2, 0.25) is 0 Å². The van der Waals surface area contributed by atoms with Gasteiger partial charge < -0.3 is 10.4 Å². The second kappa shape index (κ2) is 6.00. The SMILES string of the molecule is CC(CS(C)=O)Nc1cc(C(=O)O)nc2ccccc12. The zero-order chi connectivity index (χ0) is 14.7. The molecule has 6 heteroatoms. The smallest absolute Gasteiger partial charge is 0.354 e. The van der Waals surface area contributed by atoms with Crippen LogP contribution in [0.5, 0.6) is 0 Å². The summed E-state index contributed by atoms with van der Waals surface area (Å²) in [7, 11) is -0.912. The summed E-state index contributed by atoms with van der Waals surface area (Å²) < 4.78 is 11.2. The van der Waals surface area contributed by atoms with E-state index in [0.717, 1.165) is 5.39 Å². The van der Waals surface area contributed by atoms with E-state index in [-0.39, 0.29) is 11.7 Å². The van der Waals surface area contributed by atoms with Gasteiger partial charge in [0.15, 0.2) is 5.69 Å². The number of rotatable bonds is 5. The van der Waals surface area contributed by atoms with Crippen LogP contribution in [0.25, 0.3) is 10.9 Å². The summed E-state index contributed by atoms with van der Waals surface area (Å²) in [5.41, 5.74) is 1.32. The van der Waals surface area contributed by atoms with Crippen LogP contribution in [0.3, 0.4) is 0 Å². The van der Waals surface area contributed by atoms with Crippen molar-refractivity contribution in [3.05, 3.63) is 36.0 Å². The largest absolute Gasteiger partial charge is 0.477 e. The van der Waals surface area contributed by atoms with Crippen molar-refractivity contribution in [3.8, 4) is 0 Å². The lowest BCUT2D eigenvalue weighted by Crippen LogP contribution is -2.22. The van der Waals surface area contributed by atoms with E-state index in [1.54, 1.807) is 12.3 Å². The number of carboxylic acid groups (broad SMARTS) is 1. The summed E-state index contributed by atoms with van der Waals surface area (Å²) in [6.45, 7) is 1.91. The molecular weight excluding hydrogens is 276 g/mol. The zero-order valence-electron chi connectivity index (χ0n) is 11.3. The van der Waals surface area contributed by atoms with E-state index >= 15 is 0 Å². The van der Waals surface area contributed by atoms with Gasteiger partial charge in [0, 0.05) is 39.9 Å². The van der Waals surface area contributed by atoms with Gasteiger partial charge in [-0.3, -0.25) is 4.21 Å². The van der Waals surface area contributed by atoms with E-state index in [9.17, 15) is 9.00 Å². The Bertz CT molecular complexity index is 673. The van der Waals surface area contributed by atoms with Crippen LogP contribution in [-0.2, 0) is 10.8 Å². The highest BCUT2D eigenvalue weighted by Gasteiger charge is 2.12. The number of aromatic nitrogens is 1.